The first kappa shape index (κ1) is 22.5. The summed E-state index contributed by atoms with van der Waals surface area (Å²) < 4.78 is 0. The Morgan fingerprint density at radius 1 is 1.24 bits per heavy atom. The van der Waals surface area contributed by atoms with Crippen LogP contribution in [0, 0.1) is 11.8 Å². The van der Waals surface area contributed by atoms with E-state index in [1.807, 2.05) is 0 Å². The van der Waals surface area contributed by atoms with Crippen LogP contribution in [0.2, 0.25) is 0 Å². The van der Waals surface area contributed by atoms with Gasteiger partial charge in [0.1, 0.15) is 22.8 Å². The van der Waals surface area contributed by atoms with Crippen molar-refractivity contribution in [2.24, 2.45) is 17.6 Å². The molecule has 0 unspecified atom stereocenters. The number of Topliss-reactive ketones (excluding diaryl/α,β-unsaturated/α-hetero) is 2. The predicted octanol–water partition coefficient (Wildman–Crippen LogP) is -0.468. The molecule has 1 aromatic rings. The zero-order valence-electron chi connectivity index (χ0n) is 17.8. The van der Waals surface area contributed by atoms with Crippen molar-refractivity contribution < 1.29 is 39.6 Å². The molecule has 11 heteroatoms. The number of phenols is 1. The Kier molecular flexibility index (Phi) is 5.06. The third kappa shape index (κ3) is 2.89. The van der Waals surface area contributed by atoms with Crippen molar-refractivity contribution in [3.8, 4) is 5.75 Å². The van der Waals surface area contributed by atoms with Crippen LogP contribution in [0.1, 0.15) is 17.5 Å². The first-order valence-corrected chi connectivity index (χ1v) is 10.2. The highest BCUT2D eigenvalue weighted by Crippen LogP contribution is 2.53. The Labute approximate surface area is 187 Å². The second-order valence-corrected chi connectivity index (χ2v) is 8.71. The zero-order chi connectivity index (χ0) is 24.4. The van der Waals surface area contributed by atoms with Crippen molar-refractivity contribution in [3.05, 3.63) is 40.2 Å². The number of benzene rings is 1. The number of primary amides is 1. The van der Waals surface area contributed by atoms with E-state index in [1.165, 1.54) is 31.1 Å². The molecule has 4 rings (SSSR count). The quantitative estimate of drug-likeness (QED) is 0.197. The van der Waals surface area contributed by atoms with Gasteiger partial charge in [-0.2, -0.15) is 0 Å². The molecule has 1 fully saturated rings. The molecule has 2 amide bonds. The molecule has 4 atom stereocenters. The summed E-state index contributed by atoms with van der Waals surface area (Å²) in [6.07, 6.45) is 0.505. The number of likely N-dealkylation sites (N-methyl/N-ethyl adjacent to an activating group) is 1. The number of aromatic hydroxyl groups is 1. The van der Waals surface area contributed by atoms with Gasteiger partial charge in [-0.15, -0.1) is 0 Å². The highest BCUT2D eigenvalue weighted by molar-refractivity contribution is 6.24. The maximum Gasteiger partial charge on any atom is 0.255 e. The van der Waals surface area contributed by atoms with E-state index in [9.17, 15) is 39.6 Å². The molecule has 0 heterocycles. The lowest BCUT2D eigenvalue weighted by molar-refractivity contribution is -0.153. The van der Waals surface area contributed by atoms with E-state index in [4.69, 9.17) is 5.73 Å². The van der Waals surface area contributed by atoms with Crippen LogP contribution in [0.25, 0.3) is 5.76 Å². The minimum atomic E-state index is -2.68. The van der Waals surface area contributed by atoms with E-state index in [1.54, 1.807) is 0 Å². The van der Waals surface area contributed by atoms with Crippen LogP contribution < -0.4 is 11.1 Å². The molecule has 33 heavy (non-hydrogen) atoms. The molecule has 0 aliphatic heterocycles. The largest absolute Gasteiger partial charge is 0.508 e. The number of hydrogen-bond acceptors (Lipinski definition) is 9. The summed E-state index contributed by atoms with van der Waals surface area (Å²) >= 11 is 0. The third-order valence-corrected chi connectivity index (χ3v) is 6.82. The van der Waals surface area contributed by atoms with E-state index < -0.39 is 58.0 Å². The van der Waals surface area contributed by atoms with Crippen LogP contribution in [0.15, 0.2) is 29.0 Å². The lowest BCUT2D eigenvalue weighted by Gasteiger charge is -2.50. The summed E-state index contributed by atoms with van der Waals surface area (Å²) in [5.74, 6) is -7.16. The normalized spacial score (nSPS) is 28.9. The molecule has 0 radical (unpaired) electrons. The fourth-order valence-electron chi connectivity index (χ4n) is 5.44. The monoisotopic (exact) mass is 457 g/mol. The number of aliphatic hydroxyl groups excluding tert-OH is 2. The van der Waals surface area contributed by atoms with Gasteiger partial charge in [-0.05, 0) is 50.6 Å². The van der Waals surface area contributed by atoms with E-state index in [0.29, 0.717) is 17.7 Å². The minimum Gasteiger partial charge on any atom is -0.508 e. The van der Waals surface area contributed by atoms with Crippen molar-refractivity contribution in [1.82, 2.24) is 4.90 Å². The van der Waals surface area contributed by atoms with Gasteiger partial charge in [-0.1, -0.05) is 0 Å². The molecule has 1 aromatic carbocycles. The lowest BCUT2D eigenvalue weighted by atomic mass is 9.57. The number of nitrogens with two attached hydrogens (primary N) is 1. The number of hydrogen-bond donors (Lipinski definition) is 6. The van der Waals surface area contributed by atoms with Gasteiger partial charge in [0.15, 0.2) is 11.4 Å². The van der Waals surface area contributed by atoms with Crippen LogP contribution in [-0.4, -0.2) is 74.9 Å². The van der Waals surface area contributed by atoms with Gasteiger partial charge in [0.2, 0.25) is 12.2 Å². The van der Waals surface area contributed by atoms with Crippen LogP contribution in [-0.2, 0) is 25.6 Å². The number of carbonyl (C=O) groups is 4. The van der Waals surface area contributed by atoms with E-state index in [-0.39, 0.29) is 29.7 Å². The van der Waals surface area contributed by atoms with Crippen LogP contribution in [0.5, 0.6) is 5.75 Å². The van der Waals surface area contributed by atoms with Crippen molar-refractivity contribution in [2.45, 2.75) is 24.5 Å². The number of ketones is 2. The maximum absolute atomic E-state index is 13.6. The van der Waals surface area contributed by atoms with Crippen molar-refractivity contribution in [2.75, 3.05) is 19.4 Å². The Balaban J connectivity index is 1.98. The maximum atomic E-state index is 13.6. The van der Waals surface area contributed by atoms with E-state index in [0.717, 1.165) is 0 Å². The topological polar surface area (TPSA) is 190 Å². The van der Waals surface area contributed by atoms with E-state index >= 15 is 0 Å². The second kappa shape index (κ2) is 7.42. The number of nitrogens with one attached hydrogen (secondary N) is 1. The number of anilines is 1. The third-order valence-electron chi connectivity index (χ3n) is 6.82. The van der Waals surface area contributed by atoms with Gasteiger partial charge >= 0.3 is 0 Å². The SMILES string of the molecule is CN(C)[C@@H]1C(=O)C(C(N)=O)=C(O)[C@@]2(O)C(=O)C3=C(O)c4c(O)ccc(NC=O)c4C[C@H]3C[C@@H]12. The Hall–Kier alpha value is -3.70. The highest BCUT2D eigenvalue weighted by atomic mass is 16.3. The number of carbonyl (C=O) groups excluding carboxylic acids is 4. The van der Waals surface area contributed by atoms with Crippen LogP contribution >= 0.6 is 0 Å². The van der Waals surface area contributed by atoms with Gasteiger partial charge < -0.3 is 31.5 Å². The fraction of sp³-hybridized carbons (Fsp3) is 0.364. The van der Waals surface area contributed by atoms with Gasteiger partial charge in [-0.25, -0.2) is 0 Å². The number of amides is 2. The lowest BCUT2D eigenvalue weighted by Crippen LogP contribution is -2.65. The molecule has 0 aromatic heterocycles. The molecule has 3 aliphatic rings. The standard InChI is InChI=1S/C22H23N3O8/c1-25(2)16-10-6-8-5-9-11(24-7-26)3-4-12(27)14(9)17(28)13(8)19(30)22(10,33)20(31)15(18(16)29)21(23)32/h3-4,7-8,10,16,27-28,31,33H,5-6H2,1-2H3,(H2,23,32)(H,24,26)/t8-,10-,16-,22-/m0/s1. The predicted molar refractivity (Wildman–Crippen MR) is 114 cm³/mol. The second-order valence-electron chi connectivity index (χ2n) is 8.71. The number of fused-ring (bicyclic) bond motifs is 3. The Bertz CT molecular complexity index is 1180. The molecule has 0 bridgehead atoms. The first-order chi connectivity index (χ1) is 15.5. The molecule has 1 saturated carbocycles. The van der Waals surface area contributed by atoms with Gasteiger partial charge in [0.05, 0.1) is 11.6 Å². The Morgan fingerprint density at radius 2 is 1.91 bits per heavy atom. The number of nitrogens with zero attached hydrogens (tertiary/aromatic N) is 1. The van der Waals surface area contributed by atoms with Crippen molar-refractivity contribution in [1.29, 1.82) is 0 Å². The molecule has 3 aliphatic carbocycles. The highest BCUT2D eigenvalue weighted by Gasteiger charge is 2.64. The summed E-state index contributed by atoms with van der Waals surface area (Å²) in [4.78, 5) is 51.0. The molecule has 0 spiro atoms. The Morgan fingerprint density at radius 3 is 2.48 bits per heavy atom. The fourth-order valence-corrected chi connectivity index (χ4v) is 5.44. The van der Waals surface area contributed by atoms with Crippen LogP contribution in [0.3, 0.4) is 0 Å². The summed E-state index contributed by atoms with van der Waals surface area (Å²) in [5, 5.41) is 46.1. The van der Waals surface area contributed by atoms with E-state index in [2.05, 4.69) is 5.32 Å². The average molecular weight is 457 g/mol. The number of phenolic OH excluding ortho intramolecular Hbond substituents is 1. The smallest absolute Gasteiger partial charge is 0.255 e. The number of aliphatic hydroxyl groups is 3. The number of rotatable bonds is 4. The average Bonchev–Trinajstić information content (AvgIpc) is 2.72. The van der Waals surface area contributed by atoms with Gasteiger partial charge in [0, 0.05) is 17.2 Å². The van der Waals surface area contributed by atoms with Crippen LogP contribution in [0.4, 0.5) is 5.69 Å². The zero-order valence-corrected chi connectivity index (χ0v) is 17.8. The first-order valence-electron chi connectivity index (χ1n) is 10.2. The van der Waals surface area contributed by atoms with Crippen molar-refractivity contribution in [3.63, 3.8) is 0 Å². The summed E-state index contributed by atoms with van der Waals surface area (Å²) in [5.41, 5.74) is 2.10. The molecule has 174 valence electrons. The molecular weight excluding hydrogens is 434 g/mol. The molecular formula is C22H23N3O8. The molecule has 0 saturated heterocycles. The summed E-state index contributed by atoms with van der Waals surface area (Å²) in [6.45, 7) is 0. The van der Waals surface area contributed by atoms with Gasteiger partial charge in [-0.3, -0.25) is 24.1 Å². The molecule has 7 N–H and O–H groups in total. The summed E-state index contributed by atoms with van der Waals surface area (Å²) in [6, 6.07) is 1.53. The van der Waals surface area contributed by atoms with Crippen molar-refractivity contribution >= 4 is 35.3 Å². The summed E-state index contributed by atoms with van der Waals surface area (Å²) in [7, 11) is 3.05. The molecule has 11 nitrogen and oxygen atoms in total. The van der Waals surface area contributed by atoms with Gasteiger partial charge in [0.25, 0.3) is 5.91 Å². The minimum absolute atomic E-state index is 0.0258.